The number of piperidine rings is 1. The highest BCUT2D eigenvalue weighted by Crippen LogP contribution is 2.30. The smallest absolute Gasteiger partial charge is 0.285 e. The molecule has 0 radical (unpaired) electrons. The molecule has 0 aliphatic carbocycles. The topological polar surface area (TPSA) is 20.3 Å². The van der Waals surface area contributed by atoms with Gasteiger partial charge in [-0.15, -0.1) is 0 Å². The third-order valence-corrected chi connectivity index (χ3v) is 3.42. The van der Waals surface area contributed by atoms with E-state index in [4.69, 9.17) is 0 Å². The Morgan fingerprint density at radius 2 is 2.00 bits per heavy atom. The van der Waals surface area contributed by atoms with E-state index in [1.807, 2.05) is 0 Å². The predicted octanol–water partition coefficient (Wildman–Crippen LogP) is 2.83. The normalized spacial score (nSPS) is 21.8. The molecule has 0 bridgehead atoms. The molecular weight excluding hydrogens is 236 g/mol. The number of nitrogens with zero attached hydrogens (tertiary/aromatic N) is 1. The Labute approximate surface area is 106 Å². The van der Waals surface area contributed by atoms with E-state index in [0.29, 0.717) is 13.0 Å². The number of halogens is 2. The van der Waals surface area contributed by atoms with E-state index in [9.17, 15) is 13.6 Å². The predicted molar refractivity (Wildman–Crippen MR) is 65.6 cm³/mol. The first kappa shape index (κ1) is 13.1. The van der Waals surface area contributed by atoms with E-state index in [-0.39, 0.29) is 18.2 Å². The van der Waals surface area contributed by atoms with Crippen LogP contribution in [0, 0.1) is 0 Å². The number of carbonyl (C=O) groups is 1. The lowest BCUT2D eigenvalue weighted by molar-refractivity contribution is -0.116. The molecule has 2 rings (SSSR count). The number of carbonyl (C=O) groups excluding carboxylic acids is 1. The van der Waals surface area contributed by atoms with E-state index in [2.05, 4.69) is 0 Å². The standard InChI is InChI=1S/C14H17F2NO/c15-14(16,12-6-2-1-3-7-12)11-17-9-5-4-8-13(17)10-18/h1-3,6-7,10,13H,4-5,8-9,11H2. The van der Waals surface area contributed by atoms with Gasteiger partial charge >= 0.3 is 0 Å². The molecule has 0 N–H and O–H groups in total. The maximum Gasteiger partial charge on any atom is 0.285 e. The lowest BCUT2D eigenvalue weighted by Crippen LogP contribution is -2.45. The number of hydrogen-bond acceptors (Lipinski definition) is 2. The molecule has 18 heavy (non-hydrogen) atoms. The number of alkyl halides is 2. The molecule has 0 amide bonds. The molecule has 1 saturated heterocycles. The fraction of sp³-hybridized carbons (Fsp3) is 0.500. The Bertz CT molecular complexity index is 394. The SMILES string of the molecule is O=CC1CCCCN1CC(F)(F)c1ccccc1. The monoisotopic (exact) mass is 253 g/mol. The summed E-state index contributed by atoms with van der Waals surface area (Å²) >= 11 is 0. The van der Waals surface area contributed by atoms with E-state index < -0.39 is 5.92 Å². The average molecular weight is 253 g/mol. The summed E-state index contributed by atoms with van der Waals surface area (Å²) in [6.07, 6.45) is 3.31. The molecule has 1 fully saturated rings. The van der Waals surface area contributed by atoms with Crippen LogP contribution in [-0.4, -0.2) is 30.3 Å². The number of hydrogen-bond donors (Lipinski definition) is 0. The number of benzene rings is 1. The summed E-state index contributed by atoms with van der Waals surface area (Å²) in [5, 5.41) is 0. The van der Waals surface area contributed by atoms with Crippen molar-refractivity contribution in [1.29, 1.82) is 0 Å². The fourth-order valence-corrected chi connectivity index (χ4v) is 2.40. The summed E-state index contributed by atoms with van der Waals surface area (Å²) in [5.41, 5.74) is 0.0141. The second-order valence-corrected chi connectivity index (χ2v) is 4.74. The first-order valence-corrected chi connectivity index (χ1v) is 6.26. The molecule has 1 aromatic rings. The Kier molecular flexibility index (Phi) is 4.07. The first-order valence-electron chi connectivity index (χ1n) is 6.26. The van der Waals surface area contributed by atoms with Crippen molar-refractivity contribution in [2.75, 3.05) is 13.1 Å². The van der Waals surface area contributed by atoms with Gasteiger partial charge in [0.2, 0.25) is 0 Å². The van der Waals surface area contributed by atoms with Gasteiger partial charge in [-0.2, -0.15) is 8.78 Å². The average Bonchev–Trinajstić information content (AvgIpc) is 2.40. The van der Waals surface area contributed by atoms with Gasteiger partial charge in [0, 0.05) is 5.56 Å². The minimum atomic E-state index is -2.90. The molecule has 0 spiro atoms. The summed E-state index contributed by atoms with van der Waals surface area (Å²) in [6, 6.07) is 7.44. The second kappa shape index (κ2) is 5.57. The van der Waals surface area contributed by atoms with E-state index in [1.54, 1.807) is 23.1 Å². The van der Waals surface area contributed by atoms with Crippen molar-refractivity contribution in [3.63, 3.8) is 0 Å². The van der Waals surface area contributed by atoms with Gasteiger partial charge in [0.25, 0.3) is 5.92 Å². The molecule has 0 saturated carbocycles. The Hall–Kier alpha value is -1.29. The third kappa shape index (κ3) is 2.93. The summed E-state index contributed by atoms with van der Waals surface area (Å²) < 4.78 is 28.2. The van der Waals surface area contributed by atoms with Gasteiger partial charge in [0.05, 0.1) is 12.6 Å². The summed E-state index contributed by atoms with van der Waals surface area (Å²) in [7, 11) is 0. The number of aldehydes is 1. The molecule has 98 valence electrons. The van der Waals surface area contributed by atoms with Crippen LogP contribution in [0.3, 0.4) is 0 Å². The van der Waals surface area contributed by atoms with Crippen LogP contribution in [0.15, 0.2) is 30.3 Å². The van der Waals surface area contributed by atoms with Crippen LogP contribution in [0.2, 0.25) is 0 Å². The van der Waals surface area contributed by atoms with Crippen molar-refractivity contribution in [3.8, 4) is 0 Å². The van der Waals surface area contributed by atoms with Gasteiger partial charge in [0.15, 0.2) is 0 Å². The number of likely N-dealkylation sites (tertiary alicyclic amines) is 1. The van der Waals surface area contributed by atoms with Crippen molar-refractivity contribution in [2.45, 2.75) is 31.2 Å². The Balaban J connectivity index is 2.09. The van der Waals surface area contributed by atoms with Crippen molar-refractivity contribution in [3.05, 3.63) is 35.9 Å². The zero-order chi connectivity index (χ0) is 13.0. The van der Waals surface area contributed by atoms with Crippen LogP contribution >= 0.6 is 0 Å². The second-order valence-electron chi connectivity index (χ2n) is 4.74. The van der Waals surface area contributed by atoms with Crippen LogP contribution in [0.4, 0.5) is 8.78 Å². The van der Waals surface area contributed by atoms with Gasteiger partial charge < -0.3 is 4.79 Å². The van der Waals surface area contributed by atoms with Crippen LogP contribution in [-0.2, 0) is 10.7 Å². The van der Waals surface area contributed by atoms with E-state index in [0.717, 1.165) is 19.1 Å². The van der Waals surface area contributed by atoms with Crippen molar-refractivity contribution >= 4 is 6.29 Å². The highest BCUT2D eigenvalue weighted by Gasteiger charge is 2.36. The maximum absolute atomic E-state index is 14.1. The zero-order valence-electron chi connectivity index (χ0n) is 10.2. The highest BCUT2D eigenvalue weighted by atomic mass is 19.3. The molecule has 0 aromatic heterocycles. The van der Waals surface area contributed by atoms with Crippen LogP contribution < -0.4 is 0 Å². The Morgan fingerprint density at radius 1 is 1.28 bits per heavy atom. The van der Waals surface area contributed by atoms with Gasteiger partial charge in [-0.25, -0.2) is 0 Å². The van der Waals surface area contributed by atoms with Gasteiger partial charge in [-0.1, -0.05) is 36.8 Å². The molecule has 2 nitrogen and oxygen atoms in total. The minimum Gasteiger partial charge on any atom is -0.302 e. The van der Waals surface area contributed by atoms with Gasteiger partial charge in [0.1, 0.15) is 6.29 Å². The molecule has 1 unspecified atom stereocenters. The molecular formula is C14H17F2NO. The quantitative estimate of drug-likeness (QED) is 0.769. The lowest BCUT2D eigenvalue weighted by atomic mass is 10.0. The fourth-order valence-electron chi connectivity index (χ4n) is 2.40. The van der Waals surface area contributed by atoms with Crippen molar-refractivity contribution in [2.24, 2.45) is 0 Å². The van der Waals surface area contributed by atoms with E-state index in [1.165, 1.54) is 12.1 Å². The molecule has 1 atom stereocenters. The molecule has 4 heteroatoms. The molecule has 1 aliphatic heterocycles. The van der Waals surface area contributed by atoms with Crippen LogP contribution in [0.25, 0.3) is 0 Å². The minimum absolute atomic E-state index is 0.0141. The zero-order valence-corrected chi connectivity index (χ0v) is 10.2. The maximum atomic E-state index is 14.1. The summed E-state index contributed by atoms with van der Waals surface area (Å²) in [6.45, 7) is 0.201. The lowest BCUT2D eigenvalue weighted by Gasteiger charge is -2.34. The third-order valence-electron chi connectivity index (χ3n) is 3.42. The summed E-state index contributed by atoms with van der Waals surface area (Å²) in [5.74, 6) is -2.90. The number of rotatable bonds is 4. The molecule has 1 heterocycles. The van der Waals surface area contributed by atoms with Crippen LogP contribution in [0.1, 0.15) is 24.8 Å². The highest BCUT2D eigenvalue weighted by molar-refractivity contribution is 5.57. The van der Waals surface area contributed by atoms with Crippen molar-refractivity contribution in [1.82, 2.24) is 4.90 Å². The van der Waals surface area contributed by atoms with Gasteiger partial charge in [-0.3, -0.25) is 4.90 Å². The van der Waals surface area contributed by atoms with E-state index >= 15 is 0 Å². The Morgan fingerprint density at radius 3 is 2.67 bits per heavy atom. The summed E-state index contributed by atoms with van der Waals surface area (Å²) in [4.78, 5) is 12.5. The van der Waals surface area contributed by atoms with Crippen molar-refractivity contribution < 1.29 is 13.6 Å². The van der Waals surface area contributed by atoms with Crippen LogP contribution in [0.5, 0.6) is 0 Å². The molecule has 1 aliphatic rings. The molecule has 1 aromatic carbocycles. The largest absolute Gasteiger partial charge is 0.302 e. The van der Waals surface area contributed by atoms with Gasteiger partial charge in [-0.05, 0) is 19.4 Å². The first-order chi connectivity index (χ1) is 8.63.